The summed E-state index contributed by atoms with van der Waals surface area (Å²) in [5.41, 5.74) is 1.25. The summed E-state index contributed by atoms with van der Waals surface area (Å²) in [6.45, 7) is 3.87. The van der Waals surface area contributed by atoms with Crippen LogP contribution in [-0.4, -0.2) is 48.8 Å². The van der Waals surface area contributed by atoms with Crippen molar-refractivity contribution in [2.45, 2.75) is 25.3 Å². The molecule has 2 aromatic heterocycles. The zero-order valence-corrected chi connectivity index (χ0v) is 15.8. The highest BCUT2D eigenvalue weighted by Gasteiger charge is 2.25. The first-order chi connectivity index (χ1) is 13.3. The van der Waals surface area contributed by atoms with Crippen LogP contribution in [-0.2, 0) is 13.6 Å². The number of imidazole rings is 1. The third-order valence-corrected chi connectivity index (χ3v) is 5.23. The molecule has 4 rings (SSSR count). The molecule has 6 heteroatoms. The molecule has 140 valence electrons. The Morgan fingerprint density at radius 1 is 1.19 bits per heavy atom. The Kier molecular flexibility index (Phi) is 5.44. The molecule has 0 amide bonds. The van der Waals surface area contributed by atoms with Crippen LogP contribution in [0.3, 0.4) is 0 Å². The molecule has 1 atom stereocenters. The van der Waals surface area contributed by atoms with Crippen molar-refractivity contribution in [3.8, 4) is 0 Å². The molecular formula is C21H26N6. The van der Waals surface area contributed by atoms with Gasteiger partial charge in [0.25, 0.3) is 0 Å². The molecule has 0 bridgehead atoms. The van der Waals surface area contributed by atoms with Crippen molar-refractivity contribution in [1.82, 2.24) is 29.2 Å². The average Bonchev–Trinajstić information content (AvgIpc) is 3.34. The zero-order valence-electron chi connectivity index (χ0n) is 15.8. The number of benzene rings is 1. The summed E-state index contributed by atoms with van der Waals surface area (Å²) in [5, 5.41) is 8.94. The van der Waals surface area contributed by atoms with Gasteiger partial charge in [-0.3, -0.25) is 4.90 Å². The van der Waals surface area contributed by atoms with E-state index in [0.29, 0.717) is 12.5 Å². The molecule has 3 heterocycles. The minimum Gasteiger partial charge on any atom is -0.330 e. The zero-order chi connectivity index (χ0) is 18.5. The predicted molar refractivity (Wildman–Crippen MR) is 106 cm³/mol. The second-order valence-electron chi connectivity index (χ2n) is 7.18. The van der Waals surface area contributed by atoms with Crippen LogP contribution in [0.1, 0.15) is 36.0 Å². The van der Waals surface area contributed by atoms with Gasteiger partial charge in [-0.15, -0.1) is 10.2 Å². The van der Waals surface area contributed by atoms with Crippen LogP contribution in [0.4, 0.5) is 0 Å². The second-order valence-corrected chi connectivity index (χ2v) is 7.18. The number of hydrogen-bond donors (Lipinski definition) is 0. The van der Waals surface area contributed by atoms with E-state index < -0.39 is 0 Å². The van der Waals surface area contributed by atoms with Crippen molar-refractivity contribution >= 4 is 6.08 Å². The maximum absolute atomic E-state index is 4.52. The summed E-state index contributed by atoms with van der Waals surface area (Å²) in [7, 11) is 2.08. The molecule has 0 radical (unpaired) electrons. The van der Waals surface area contributed by atoms with Crippen molar-refractivity contribution in [3.63, 3.8) is 0 Å². The van der Waals surface area contributed by atoms with E-state index in [1.807, 2.05) is 17.1 Å². The van der Waals surface area contributed by atoms with Crippen molar-refractivity contribution in [2.75, 3.05) is 19.6 Å². The van der Waals surface area contributed by atoms with Crippen LogP contribution < -0.4 is 0 Å². The summed E-state index contributed by atoms with van der Waals surface area (Å²) >= 11 is 0. The Hall–Kier alpha value is -2.73. The van der Waals surface area contributed by atoms with Gasteiger partial charge in [0.2, 0.25) is 0 Å². The molecule has 6 nitrogen and oxygen atoms in total. The first-order valence-corrected chi connectivity index (χ1v) is 9.57. The number of hydrogen-bond acceptors (Lipinski definition) is 4. The normalized spacial score (nSPS) is 18.3. The van der Waals surface area contributed by atoms with E-state index in [-0.39, 0.29) is 0 Å². The van der Waals surface area contributed by atoms with Gasteiger partial charge in [-0.2, -0.15) is 0 Å². The van der Waals surface area contributed by atoms with Gasteiger partial charge >= 0.3 is 0 Å². The van der Waals surface area contributed by atoms with Gasteiger partial charge in [0.1, 0.15) is 5.82 Å². The fourth-order valence-electron chi connectivity index (χ4n) is 3.75. The molecule has 27 heavy (non-hydrogen) atoms. The third kappa shape index (κ3) is 4.34. The summed E-state index contributed by atoms with van der Waals surface area (Å²) in [4.78, 5) is 6.61. The molecule has 3 aromatic rings. The standard InChI is InChI=1S/C21H26N6/c1-25-20(16-27-14-11-22-17-27)23-24-21(25)19-10-6-13-26(15-19)12-5-9-18-7-3-2-4-8-18/h2-5,7-9,11,14,17,19H,6,10,12-13,15-16H2,1H3/b9-5+/t19-/m0/s1. The highest BCUT2D eigenvalue weighted by atomic mass is 15.3. The molecule has 0 spiro atoms. The Morgan fingerprint density at radius 3 is 2.89 bits per heavy atom. The topological polar surface area (TPSA) is 51.8 Å². The number of aromatic nitrogens is 5. The van der Waals surface area contributed by atoms with Crippen LogP contribution in [0.25, 0.3) is 6.08 Å². The van der Waals surface area contributed by atoms with Crippen LogP contribution in [0.2, 0.25) is 0 Å². The molecule has 1 aliphatic heterocycles. The fraction of sp³-hybridized carbons (Fsp3) is 0.381. The number of piperidine rings is 1. The van der Waals surface area contributed by atoms with Gasteiger partial charge < -0.3 is 9.13 Å². The van der Waals surface area contributed by atoms with Crippen molar-refractivity contribution in [2.24, 2.45) is 7.05 Å². The van der Waals surface area contributed by atoms with Crippen molar-refractivity contribution in [1.29, 1.82) is 0 Å². The molecule has 0 aliphatic carbocycles. The SMILES string of the molecule is Cn1c(Cn2ccnc2)nnc1[C@H]1CCCN(C/C=C/c2ccccc2)C1. The van der Waals surface area contributed by atoms with E-state index in [0.717, 1.165) is 31.3 Å². The lowest BCUT2D eigenvalue weighted by atomic mass is 9.97. The van der Waals surface area contributed by atoms with Crippen LogP contribution >= 0.6 is 0 Å². The lowest BCUT2D eigenvalue weighted by molar-refractivity contribution is 0.222. The van der Waals surface area contributed by atoms with E-state index in [1.54, 1.807) is 6.20 Å². The molecular weight excluding hydrogens is 336 g/mol. The lowest BCUT2D eigenvalue weighted by Crippen LogP contribution is -2.35. The molecule has 1 fully saturated rings. The third-order valence-electron chi connectivity index (χ3n) is 5.23. The molecule has 0 saturated carbocycles. The van der Waals surface area contributed by atoms with Crippen molar-refractivity contribution in [3.05, 3.63) is 72.3 Å². The van der Waals surface area contributed by atoms with Gasteiger partial charge in [-0.25, -0.2) is 4.98 Å². The van der Waals surface area contributed by atoms with E-state index in [1.165, 1.54) is 18.4 Å². The number of nitrogens with zero attached hydrogens (tertiary/aromatic N) is 6. The first kappa shape index (κ1) is 17.7. The molecule has 1 aromatic carbocycles. The summed E-state index contributed by atoms with van der Waals surface area (Å²) < 4.78 is 4.18. The quantitative estimate of drug-likeness (QED) is 0.676. The van der Waals surface area contributed by atoms with E-state index >= 15 is 0 Å². The second kappa shape index (κ2) is 8.31. The Labute approximate surface area is 160 Å². The smallest absolute Gasteiger partial charge is 0.152 e. The van der Waals surface area contributed by atoms with Gasteiger partial charge in [0, 0.05) is 38.4 Å². The lowest BCUT2D eigenvalue weighted by Gasteiger charge is -2.31. The Bertz CT molecular complexity index is 865. The van der Waals surface area contributed by atoms with Gasteiger partial charge in [-0.1, -0.05) is 42.5 Å². The maximum Gasteiger partial charge on any atom is 0.152 e. The van der Waals surface area contributed by atoms with Crippen LogP contribution in [0, 0.1) is 0 Å². The van der Waals surface area contributed by atoms with E-state index in [2.05, 4.69) is 74.2 Å². The predicted octanol–water partition coefficient (Wildman–Crippen LogP) is 2.95. The fourth-order valence-corrected chi connectivity index (χ4v) is 3.75. The Morgan fingerprint density at radius 2 is 2.07 bits per heavy atom. The minimum atomic E-state index is 0.443. The number of rotatable bonds is 6. The van der Waals surface area contributed by atoms with Crippen LogP contribution in [0.5, 0.6) is 0 Å². The average molecular weight is 362 g/mol. The van der Waals surface area contributed by atoms with E-state index in [4.69, 9.17) is 0 Å². The summed E-state index contributed by atoms with van der Waals surface area (Å²) in [6, 6.07) is 10.5. The van der Waals surface area contributed by atoms with Gasteiger partial charge in [0.05, 0.1) is 12.9 Å². The van der Waals surface area contributed by atoms with Crippen molar-refractivity contribution < 1.29 is 0 Å². The maximum atomic E-state index is 4.52. The van der Waals surface area contributed by atoms with Gasteiger partial charge in [0.15, 0.2) is 5.82 Å². The molecule has 1 saturated heterocycles. The van der Waals surface area contributed by atoms with Gasteiger partial charge in [-0.05, 0) is 24.9 Å². The first-order valence-electron chi connectivity index (χ1n) is 9.57. The highest BCUT2D eigenvalue weighted by Crippen LogP contribution is 2.25. The minimum absolute atomic E-state index is 0.443. The van der Waals surface area contributed by atoms with E-state index in [9.17, 15) is 0 Å². The Balaban J connectivity index is 1.38. The molecule has 0 N–H and O–H groups in total. The summed E-state index contributed by atoms with van der Waals surface area (Å²) in [6.07, 6.45) is 12.4. The largest absolute Gasteiger partial charge is 0.330 e. The highest BCUT2D eigenvalue weighted by molar-refractivity contribution is 5.48. The summed E-state index contributed by atoms with van der Waals surface area (Å²) in [5.74, 6) is 2.52. The molecule has 0 unspecified atom stereocenters. The monoisotopic (exact) mass is 362 g/mol. The number of likely N-dealkylation sites (tertiary alicyclic amines) is 1. The molecule has 1 aliphatic rings. The van der Waals surface area contributed by atoms with Crippen LogP contribution in [0.15, 0.2) is 55.1 Å².